The van der Waals surface area contributed by atoms with Gasteiger partial charge in [-0.05, 0) is 67.3 Å². The zero-order valence-electron chi connectivity index (χ0n) is 19.7. The van der Waals surface area contributed by atoms with E-state index in [4.69, 9.17) is 16.7 Å². The van der Waals surface area contributed by atoms with Crippen LogP contribution in [-0.2, 0) is 14.6 Å². The van der Waals surface area contributed by atoms with E-state index in [2.05, 4.69) is 27.1 Å². The van der Waals surface area contributed by atoms with Gasteiger partial charge in [0.1, 0.15) is 5.82 Å². The number of rotatable bonds is 6. The van der Waals surface area contributed by atoms with Crippen molar-refractivity contribution in [2.24, 2.45) is 5.92 Å². The third kappa shape index (κ3) is 5.15. The van der Waals surface area contributed by atoms with Crippen LogP contribution in [0.25, 0.3) is 33.7 Å². The van der Waals surface area contributed by atoms with Crippen LogP contribution < -0.4 is 0 Å². The fraction of sp³-hybridized carbons (Fsp3) is 0.296. The number of carboxylic acids is 1. The Kier molecular flexibility index (Phi) is 6.57. The van der Waals surface area contributed by atoms with Gasteiger partial charge in [0.2, 0.25) is 0 Å². The molecular weight excluding hydrogens is 498 g/mol. The summed E-state index contributed by atoms with van der Waals surface area (Å²) in [7, 11) is -3.32. The van der Waals surface area contributed by atoms with Crippen molar-refractivity contribution in [3.8, 4) is 22.6 Å². The van der Waals surface area contributed by atoms with Gasteiger partial charge in [-0.3, -0.25) is 9.78 Å². The topological polar surface area (TPSA) is 113 Å². The predicted octanol–water partition coefficient (Wildman–Crippen LogP) is 6.10. The van der Waals surface area contributed by atoms with E-state index in [1.807, 2.05) is 12.1 Å². The molecule has 186 valence electrons. The third-order valence-corrected chi connectivity index (χ3v) is 8.40. The lowest BCUT2D eigenvalue weighted by Gasteiger charge is -2.28. The minimum atomic E-state index is -3.32. The van der Waals surface area contributed by atoms with Gasteiger partial charge >= 0.3 is 5.97 Å². The molecule has 0 unspecified atom stereocenters. The Labute approximate surface area is 214 Å². The molecule has 9 heteroatoms. The van der Waals surface area contributed by atoms with Gasteiger partial charge in [0.05, 0.1) is 32.2 Å². The van der Waals surface area contributed by atoms with E-state index in [1.165, 1.54) is 17.9 Å². The van der Waals surface area contributed by atoms with Gasteiger partial charge in [0, 0.05) is 24.4 Å². The highest BCUT2D eigenvalue weighted by Gasteiger charge is 2.24. The number of aliphatic carboxylic acids is 1. The van der Waals surface area contributed by atoms with Crippen LogP contribution in [0.2, 0.25) is 5.02 Å². The predicted molar refractivity (Wildman–Crippen MR) is 140 cm³/mol. The molecule has 7 nitrogen and oxygen atoms in total. The number of sulfone groups is 1. The average molecular weight is 524 g/mol. The molecule has 4 aromatic rings. The molecule has 1 fully saturated rings. The van der Waals surface area contributed by atoms with Gasteiger partial charge in [-0.25, -0.2) is 13.4 Å². The molecule has 5 rings (SSSR count). The second-order valence-corrected chi connectivity index (χ2v) is 11.9. The normalized spacial score (nSPS) is 18.4. The number of carbonyl (C=O) groups is 1. The Balaban J connectivity index is 1.33. The van der Waals surface area contributed by atoms with Crippen molar-refractivity contribution >= 4 is 38.4 Å². The molecular formula is C27H26ClN3O4S. The number of nitrogens with zero attached hydrogens (tertiary/aromatic N) is 2. The molecule has 2 N–H and O–H groups in total. The van der Waals surface area contributed by atoms with Gasteiger partial charge < -0.3 is 10.1 Å². The lowest BCUT2D eigenvalue weighted by molar-refractivity contribution is -0.138. The number of imidazole rings is 1. The van der Waals surface area contributed by atoms with Crippen LogP contribution in [-0.4, -0.2) is 40.7 Å². The summed E-state index contributed by atoms with van der Waals surface area (Å²) in [5, 5.41) is 9.51. The van der Waals surface area contributed by atoms with Crippen molar-refractivity contribution in [3.63, 3.8) is 0 Å². The first-order valence-electron chi connectivity index (χ1n) is 11.9. The standard InChI is InChI=1S/C27H26ClN3O4S/c1-36(34,35)20-10-11-23-25(13-20)31-27(30-23)21-15-29-24(14-22(21)28)19-8-6-18(7-9-19)17-4-2-16(3-5-17)12-26(32)33/h6-11,13-17H,2-5,12H2,1H3,(H,30,31)(H,32,33). The van der Waals surface area contributed by atoms with Crippen LogP contribution in [0, 0.1) is 5.92 Å². The smallest absolute Gasteiger partial charge is 0.303 e. The van der Waals surface area contributed by atoms with Crippen LogP contribution >= 0.6 is 11.6 Å². The van der Waals surface area contributed by atoms with E-state index in [1.54, 1.807) is 24.4 Å². The molecule has 36 heavy (non-hydrogen) atoms. The van der Waals surface area contributed by atoms with E-state index in [9.17, 15) is 13.2 Å². The Hall–Kier alpha value is -3.23. The average Bonchev–Trinajstić information content (AvgIpc) is 3.27. The van der Waals surface area contributed by atoms with Crippen LogP contribution in [0.1, 0.15) is 43.6 Å². The summed E-state index contributed by atoms with van der Waals surface area (Å²) in [6.45, 7) is 0. The van der Waals surface area contributed by atoms with Crippen molar-refractivity contribution in [2.45, 2.75) is 42.9 Å². The first-order chi connectivity index (χ1) is 17.2. The van der Waals surface area contributed by atoms with Crippen LogP contribution in [0.4, 0.5) is 0 Å². The number of hydrogen-bond donors (Lipinski definition) is 2. The minimum Gasteiger partial charge on any atom is -0.481 e. The van der Waals surface area contributed by atoms with E-state index >= 15 is 0 Å². The number of aromatic amines is 1. The van der Waals surface area contributed by atoms with Gasteiger partial charge in [-0.1, -0.05) is 35.9 Å². The summed E-state index contributed by atoms with van der Waals surface area (Å²) >= 11 is 6.61. The number of hydrogen-bond acceptors (Lipinski definition) is 5. The molecule has 0 amide bonds. The molecule has 0 saturated heterocycles. The zero-order chi connectivity index (χ0) is 25.4. The summed E-state index contributed by atoms with van der Waals surface area (Å²) in [6, 6.07) is 14.9. The van der Waals surface area contributed by atoms with Crippen molar-refractivity contribution in [3.05, 3.63) is 65.3 Å². The fourth-order valence-electron chi connectivity index (χ4n) is 4.98. The van der Waals surface area contributed by atoms with E-state index in [0.717, 1.165) is 36.9 Å². The molecule has 0 spiro atoms. The SMILES string of the molecule is CS(=O)(=O)c1ccc2nc(-c3cnc(-c4ccc(C5CCC(CC(=O)O)CC5)cc4)cc3Cl)[nH]c2c1. The van der Waals surface area contributed by atoms with Crippen LogP contribution in [0.3, 0.4) is 0 Å². The lowest BCUT2D eigenvalue weighted by atomic mass is 9.77. The quantitative estimate of drug-likeness (QED) is 0.316. The van der Waals surface area contributed by atoms with Crippen molar-refractivity contribution in [1.82, 2.24) is 15.0 Å². The highest BCUT2D eigenvalue weighted by Crippen LogP contribution is 2.38. The molecule has 2 aromatic carbocycles. The third-order valence-electron chi connectivity index (χ3n) is 6.98. The number of aromatic nitrogens is 3. The number of fused-ring (bicyclic) bond motifs is 1. The summed E-state index contributed by atoms with van der Waals surface area (Å²) in [6.07, 6.45) is 7.04. The van der Waals surface area contributed by atoms with Gasteiger partial charge in [0.15, 0.2) is 9.84 Å². The number of nitrogens with one attached hydrogen (secondary N) is 1. The molecule has 1 aliphatic rings. The number of H-pyrrole nitrogens is 1. The maximum atomic E-state index is 11.9. The zero-order valence-corrected chi connectivity index (χ0v) is 21.3. The molecule has 0 aliphatic heterocycles. The summed E-state index contributed by atoms with van der Waals surface area (Å²) in [4.78, 5) is 23.5. The lowest BCUT2D eigenvalue weighted by Crippen LogP contribution is -2.16. The molecule has 2 heterocycles. The molecule has 2 aromatic heterocycles. The highest BCUT2D eigenvalue weighted by atomic mass is 35.5. The Morgan fingerprint density at radius 2 is 1.81 bits per heavy atom. The van der Waals surface area contributed by atoms with Crippen LogP contribution in [0.15, 0.2) is 59.6 Å². The molecule has 1 saturated carbocycles. The Morgan fingerprint density at radius 3 is 2.44 bits per heavy atom. The molecule has 0 radical (unpaired) electrons. The Bertz CT molecular complexity index is 1540. The van der Waals surface area contributed by atoms with Crippen LogP contribution in [0.5, 0.6) is 0 Å². The number of benzene rings is 2. The number of pyridine rings is 1. The summed E-state index contributed by atoms with van der Waals surface area (Å²) in [5.41, 5.74) is 4.86. The van der Waals surface area contributed by atoms with E-state index in [0.29, 0.717) is 33.4 Å². The highest BCUT2D eigenvalue weighted by molar-refractivity contribution is 7.90. The first kappa shape index (κ1) is 24.5. The largest absolute Gasteiger partial charge is 0.481 e. The minimum absolute atomic E-state index is 0.224. The van der Waals surface area contributed by atoms with E-state index in [-0.39, 0.29) is 17.2 Å². The van der Waals surface area contributed by atoms with Crippen molar-refractivity contribution in [1.29, 1.82) is 0 Å². The maximum absolute atomic E-state index is 11.9. The first-order valence-corrected chi connectivity index (χ1v) is 14.1. The molecule has 0 bridgehead atoms. The summed E-state index contributed by atoms with van der Waals surface area (Å²) < 4.78 is 23.7. The molecule has 0 atom stereocenters. The fourth-order valence-corrected chi connectivity index (χ4v) is 5.87. The van der Waals surface area contributed by atoms with Crippen molar-refractivity contribution in [2.75, 3.05) is 6.26 Å². The maximum Gasteiger partial charge on any atom is 0.303 e. The number of carboxylic acid groups (broad SMARTS) is 1. The van der Waals surface area contributed by atoms with Gasteiger partial charge in [-0.2, -0.15) is 0 Å². The monoisotopic (exact) mass is 523 g/mol. The van der Waals surface area contributed by atoms with Gasteiger partial charge in [0.25, 0.3) is 0 Å². The number of halogens is 1. The van der Waals surface area contributed by atoms with Gasteiger partial charge in [-0.15, -0.1) is 0 Å². The molecule has 1 aliphatic carbocycles. The second kappa shape index (κ2) is 9.67. The summed E-state index contributed by atoms with van der Waals surface area (Å²) in [5.74, 6) is 0.561. The Morgan fingerprint density at radius 1 is 1.08 bits per heavy atom. The van der Waals surface area contributed by atoms with E-state index < -0.39 is 15.8 Å². The van der Waals surface area contributed by atoms with Crippen molar-refractivity contribution < 1.29 is 18.3 Å². The second-order valence-electron chi connectivity index (χ2n) is 9.52.